The highest BCUT2D eigenvalue weighted by atomic mass is 32.2. The molecule has 0 unspecified atom stereocenters. The van der Waals surface area contributed by atoms with Crippen molar-refractivity contribution >= 4 is 10.0 Å². The molecule has 2 aromatic heterocycles. The highest BCUT2D eigenvalue weighted by molar-refractivity contribution is 7.90. The van der Waals surface area contributed by atoms with E-state index in [1.807, 2.05) is 0 Å². The normalized spacial score (nSPS) is 16.3. The molecule has 2 heterocycles. The highest BCUT2D eigenvalue weighted by Crippen LogP contribution is 2.33. The van der Waals surface area contributed by atoms with Gasteiger partial charge in [0.2, 0.25) is 16.0 Å². The fourth-order valence-electron chi connectivity index (χ4n) is 3.35. The summed E-state index contributed by atoms with van der Waals surface area (Å²) in [5.74, 6) is -1.63. The van der Waals surface area contributed by atoms with E-state index in [4.69, 9.17) is 0 Å². The van der Waals surface area contributed by atoms with Crippen LogP contribution in [0.15, 0.2) is 24.5 Å². The zero-order valence-corrected chi connectivity index (χ0v) is 14.8. The monoisotopic (exact) mass is 369 g/mol. The topological polar surface area (TPSA) is 64.0 Å². The van der Waals surface area contributed by atoms with Gasteiger partial charge < -0.3 is 5.32 Å². The van der Waals surface area contributed by atoms with Crippen LogP contribution in [0.4, 0.5) is 8.78 Å². The number of hydrogen-bond acceptors (Lipinski definition) is 4. The Labute approximate surface area is 146 Å². The molecule has 0 atom stereocenters. The molecule has 1 saturated carbocycles. The van der Waals surface area contributed by atoms with Crippen molar-refractivity contribution in [3.05, 3.63) is 41.9 Å². The smallest absolute Gasteiger partial charge is 0.241 e. The van der Waals surface area contributed by atoms with Crippen LogP contribution in [-0.4, -0.2) is 29.7 Å². The van der Waals surface area contributed by atoms with Crippen LogP contribution >= 0.6 is 0 Å². The fraction of sp³-hybridized carbons (Fsp3) is 0.471. The van der Waals surface area contributed by atoms with Crippen LogP contribution in [-0.2, 0) is 16.6 Å². The van der Waals surface area contributed by atoms with E-state index in [0.717, 1.165) is 23.2 Å². The van der Waals surface area contributed by atoms with Gasteiger partial charge in [-0.05, 0) is 32.0 Å². The molecule has 3 rings (SSSR count). The highest BCUT2D eigenvalue weighted by Gasteiger charge is 2.33. The molecule has 0 saturated heterocycles. The van der Waals surface area contributed by atoms with E-state index in [1.165, 1.54) is 24.5 Å². The zero-order chi connectivity index (χ0) is 18.0. The van der Waals surface area contributed by atoms with Gasteiger partial charge in [-0.2, -0.15) is 4.39 Å². The van der Waals surface area contributed by atoms with E-state index in [2.05, 4.69) is 10.3 Å². The Balaban J connectivity index is 2.18. The first-order valence-electron chi connectivity index (χ1n) is 8.36. The van der Waals surface area contributed by atoms with Gasteiger partial charge in [-0.3, -0.25) is 0 Å². The molecule has 25 heavy (non-hydrogen) atoms. The van der Waals surface area contributed by atoms with Gasteiger partial charge in [-0.25, -0.2) is 21.8 Å². The summed E-state index contributed by atoms with van der Waals surface area (Å²) in [6, 6.07) is 2.80. The number of aromatic nitrogens is 2. The van der Waals surface area contributed by atoms with Crippen LogP contribution in [0.1, 0.15) is 37.7 Å². The van der Waals surface area contributed by atoms with Crippen LogP contribution in [0.3, 0.4) is 0 Å². The second-order valence-corrected chi connectivity index (χ2v) is 8.38. The minimum Gasteiger partial charge on any atom is -0.316 e. The molecular weight excluding hydrogens is 348 g/mol. The number of nitrogens with one attached hydrogen (secondary N) is 1. The third-order valence-electron chi connectivity index (χ3n) is 4.61. The van der Waals surface area contributed by atoms with Crippen LogP contribution in [0.2, 0.25) is 0 Å². The molecular formula is C17H21F2N3O2S. The SMILES string of the molecule is CNCc1cn(S(=O)(=O)C2CCCCC2)c(-c2cccnc2F)c1F. The van der Waals surface area contributed by atoms with Gasteiger partial charge in [-0.1, -0.05) is 19.3 Å². The van der Waals surface area contributed by atoms with E-state index in [-0.39, 0.29) is 23.4 Å². The molecule has 2 aromatic rings. The Bertz CT molecular complexity index is 859. The molecule has 5 nitrogen and oxygen atoms in total. The summed E-state index contributed by atoms with van der Waals surface area (Å²) in [6.07, 6.45) is 6.24. The van der Waals surface area contributed by atoms with Crippen molar-refractivity contribution in [3.8, 4) is 11.3 Å². The van der Waals surface area contributed by atoms with Crippen molar-refractivity contribution in [3.63, 3.8) is 0 Å². The van der Waals surface area contributed by atoms with Gasteiger partial charge in [-0.15, -0.1) is 0 Å². The summed E-state index contributed by atoms with van der Waals surface area (Å²) >= 11 is 0. The van der Waals surface area contributed by atoms with Crippen molar-refractivity contribution in [2.45, 2.75) is 43.9 Å². The Morgan fingerprint density at radius 2 is 2.00 bits per heavy atom. The average Bonchev–Trinajstić information content (AvgIpc) is 2.94. The fourth-order valence-corrected chi connectivity index (χ4v) is 5.31. The maximum atomic E-state index is 14.9. The molecule has 0 bridgehead atoms. The first kappa shape index (κ1) is 18.0. The van der Waals surface area contributed by atoms with Crippen molar-refractivity contribution in [1.82, 2.24) is 14.3 Å². The summed E-state index contributed by atoms with van der Waals surface area (Å²) in [5, 5.41) is 2.23. The second-order valence-electron chi connectivity index (χ2n) is 6.29. The molecule has 1 fully saturated rings. The summed E-state index contributed by atoms with van der Waals surface area (Å²) in [4.78, 5) is 3.53. The van der Waals surface area contributed by atoms with Gasteiger partial charge in [0.25, 0.3) is 0 Å². The van der Waals surface area contributed by atoms with Crippen molar-refractivity contribution in [1.29, 1.82) is 0 Å². The van der Waals surface area contributed by atoms with E-state index < -0.39 is 27.0 Å². The quantitative estimate of drug-likeness (QED) is 0.823. The number of rotatable bonds is 5. The minimum atomic E-state index is -3.82. The molecule has 0 spiro atoms. The minimum absolute atomic E-state index is 0.147. The number of hydrogen-bond donors (Lipinski definition) is 1. The van der Waals surface area contributed by atoms with Crippen LogP contribution in [0.25, 0.3) is 11.3 Å². The molecule has 1 N–H and O–H groups in total. The number of nitrogens with zero attached hydrogens (tertiary/aromatic N) is 2. The standard InChI is InChI=1S/C17H21F2N3O2S/c1-20-10-12-11-22(25(23,24)13-6-3-2-4-7-13)16(15(12)18)14-8-5-9-21-17(14)19/h5,8-9,11,13,20H,2-4,6-7,10H2,1H3. The van der Waals surface area contributed by atoms with Crippen molar-refractivity contribution in [2.75, 3.05) is 7.05 Å². The van der Waals surface area contributed by atoms with Gasteiger partial charge in [0.15, 0.2) is 5.82 Å². The van der Waals surface area contributed by atoms with Crippen LogP contribution in [0.5, 0.6) is 0 Å². The Morgan fingerprint density at radius 3 is 2.64 bits per heavy atom. The summed E-state index contributed by atoms with van der Waals surface area (Å²) in [7, 11) is -2.19. The lowest BCUT2D eigenvalue weighted by atomic mass is 10.0. The van der Waals surface area contributed by atoms with Crippen LogP contribution in [0, 0.1) is 11.8 Å². The Morgan fingerprint density at radius 1 is 1.28 bits per heavy atom. The Kier molecular flexibility index (Phi) is 5.19. The number of halogens is 2. The lowest BCUT2D eigenvalue weighted by molar-refractivity contribution is 0.479. The second kappa shape index (κ2) is 7.21. The van der Waals surface area contributed by atoms with Gasteiger partial charge in [0.05, 0.1) is 10.8 Å². The molecule has 0 aromatic carbocycles. The molecule has 8 heteroatoms. The van der Waals surface area contributed by atoms with E-state index in [0.29, 0.717) is 12.8 Å². The predicted octanol–water partition coefficient (Wildman–Crippen LogP) is 3.06. The lowest BCUT2D eigenvalue weighted by Crippen LogP contribution is -2.29. The molecule has 136 valence electrons. The predicted molar refractivity (Wildman–Crippen MR) is 91.5 cm³/mol. The van der Waals surface area contributed by atoms with Crippen LogP contribution < -0.4 is 5.32 Å². The molecule has 0 aliphatic heterocycles. The summed E-state index contributed by atoms with van der Waals surface area (Å²) < 4.78 is 56.2. The maximum Gasteiger partial charge on any atom is 0.241 e. The number of pyridine rings is 1. The lowest BCUT2D eigenvalue weighted by Gasteiger charge is -2.23. The van der Waals surface area contributed by atoms with E-state index in [1.54, 1.807) is 7.05 Å². The zero-order valence-electron chi connectivity index (χ0n) is 14.0. The van der Waals surface area contributed by atoms with Gasteiger partial charge >= 0.3 is 0 Å². The third kappa shape index (κ3) is 3.32. The molecule has 1 aliphatic carbocycles. The first-order valence-corrected chi connectivity index (χ1v) is 9.86. The largest absolute Gasteiger partial charge is 0.316 e. The third-order valence-corrected chi connectivity index (χ3v) is 6.76. The summed E-state index contributed by atoms with van der Waals surface area (Å²) in [5.41, 5.74) is -0.247. The average molecular weight is 369 g/mol. The van der Waals surface area contributed by atoms with E-state index in [9.17, 15) is 17.2 Å². The first-order chi connectivity index (χ1) is 12.0. The van der Waals surface area contributed by atoms with Crippen molar-refractivity contribution in [2.24, 2.45) is 0 Å². The van der Waals surface area contributed by atoms with Crippen molar-refractivity contribution < 1.29 is 17.2 Å². The molecule has 0 radical (unpaired) electrons. The summed E-state index contributed by atoms with van der Waals surface area (Å²) in [6.45, 7) is 0.147. The molecule has 0 amide bonds. The van der Waals surface area contributed by atoms with Gasteiger partial charge in [0.1, 0.15) is 5.69 Å². The Hall–Kier alpha value is -1.80. The van der Waals surface area contributed by atoms with Gasteiger partial charge in [0, 0.05) is 24.5 Å². The maximum absolute atomic E-state index is 14.9. The van der Waals surface area contributed by atoms with E-state index >= 15 is 0 Å². The molecule has 1 aliphatic rings.